The first-order valence-electron chi connectivity index (χ1n) is 7.76. The van der Waals surface area contributed by atoms with Gasteiger partial charge in [-0.3, -0.25) is 4.79 Å². The molecule has 0 atom stereocenters. The highest BCUT2D eigenvalue weighted by Gasteiger charge is 2.21. The number of aromatic nitrogens is 1. The summed E-state index contributed by atoms with van der Waals surface area (Å²) in [6, 6.07) is 9.87. The van der Waals surface area contributed by atoms with Gasteiger partial charge in [-0.05, 0) is 31.9 Å². The highest BCUT2D eigenvalue weighted by Crippen LogP contribution is 2.26. The summed E-state index contributed by atoms with van der Waals surface area (Å²) in [5.74, 6) is 1.14. The van der Waals surface area contributed by atoms with Crippen LogP contribution in [0.1, 0.15) is 37.8 Å². The lowest BCUT2D eigenvalue weighted by Gasteiger charge is -2.20. The Balaban J connectivity index is 1.72. The first-order chi connectivity index (χ1) is 10.2. The third-order valence-corrected chi connectivity index (χ3v) is 4.25. The van der Waals surface area contributed by atoms with E-state index in [0.717, 1.165) is 29.4 Å². The van der Waals surface area contributed by atoms with Crippen LogP contribution < -0.4 is 4.74 Å². The lowest BCUT2D eigenvalue weighted by atomic mass is 9.86. The van der Waals surface area contributed by atoms with Crippen molar-refractivity contribution in [3.63, 3.8) is 0 Å². The Hall–Kier alpha value is -1.90. The molecule has 0 amide bonds. The van der Waals surface area contributed by atoms with E-state index < -0.39 is 0 Å². The van der Waals surface area contributed by atoms with Gasteiger partial charge in [0.1, 0.15) is 17.9 Å². The average Bonchev–Trinajstić information content (AvgIpc) is 2.53. The van der Waals surface area contributed by atoms with E-state index in [9.17, 15) is 4.79 Å². The lowest BCUT2D eigenvalue weighted by molar-refractivity contribution is -0.125. The summed E-state index contributed by atoms with van der Waals surface area (Å²) in [7, 11) is 0. The highest BCUT2D eigenvalue weighted by atomic mass is 16.5. The van der Waals surface area contributed by atoms with Crippen LogP contribution in [0.3, 0.4) is 0 Å². The molecule has 1 heterocycles. The van der Waals surface area contributed by atoms with Crippen molar-refractivity contribution in [2.45, 2.75) is 39.0 Å². The number of rotatable bonds is 4. The van der Waals surface area contributed by atoms with Crippen LogP contribution in [0.4, 0.5) is 0 Å². The maximum absolute atomic E-state index is 12.2. The first-order valence-corrected chi connectivity index (χ1v) is 7.76. The van der Waals surface area contributed by atoms with Gasteiger partial charge in [0, 0.05) is 17.0 Å². The summed E-state index contributed by atoms with van der Waals surface area (Å²) < 4.78 is 5.78. The van der Waals surface area contributed by atoms with Crippen molar-refractivity contribution >= 4 is 16.7 Å². The third-order valence-electron chi connectivity index (χ3n) is 4.25. The Morgan fingerprint density at radius 1 is 1.19 bits per heavy atom. The number of hydrogen-bond acceptors (Lipinski definition) is 3. The molecule has 3 nitrogen and oxygen atoms in total. The van der Waals surface area contributed by atoms with Crippen LogP contribution in [0.5, 0.6) is 5.75 Å². The molecule has 0 radical (unpaired) electrons. The number of carbonyl (C=O) groups excluding carboxylic acids is 1. The van der Waals surface area contributed by atoms with E-state index in [0.29, 0.717) is 5.75 Å². The topological polar surface area (TPSA) is 39.2 Å². The van der Waals surface area contributed by atoms with Crippen molar-refractivity contribution < 1.29 is 9.53 Å². The molecular weight excluding hydrogens is 262 g/mol. The molecule has 1 aliphatic carbocycles. The largest absolute Gasteiger partial charge is 0.484 e. The standard InChI is InChI=1S/C18H21NO2/c1-13-10-11-15-8-5-9-17(18(15)19-13)21-12-16(20)14-6-3-2-4-7-14/h5,8-11,14H,2-4,6-7,12H2,1H3. The maximum Gasteiger partial charge on any atom is 0.173 e. The van der Waals surface area contributed by atoms with Crippen molar-refractivity contribution in [3.05, 3.63) is 36.0 Å². The van der Waals surface area contributed by atoms with Crippen LogP contribution in [0.25, 0.3) is 10.9 Å². The molecule has 1 aromatic carbocycles. The molecule has 0 bridgehead atoms. The van der Waals surface area contributed by atoms with E-state index in [1.165, 1.54) is 19.3 Å². The summed E-state index contributed by atoms with van der Waals surface area (Å²) in [5.41, 5.74) is 1.80. The number of pyridine rings is 1. The van der Waals surface area contributed by atoms with E-state index in [4.69, 9.17) is 4.74 Å². The molecule has 0 aliphatic heterocycles. The van der Waals surface area contributed by atoms with Gasteiger partial charge in [0.15, 0.2) is 5.78 Å². The molecule has 1 aliphatic rings. The van der Waals surface area contributed by atoms with Crippen LogP contribution in [-0.2, 0) is 4.79 Å². The van der Waals surface area contributed by atoms with Gasteiger partial charge in [-0.1, -0.05) is 37.5 Å². The Labute approximate surface area is 125 Å². The summed E-state index contributed by atoms with van der Waals surface area (Å²) >= 11 is 0. The average molecular weight is 283 g/mol. The number of nitrogens with zero attached hydrogens (tertiary/aromatic N) is 1. The fraction of sp³-hybridized carbons (Fsp3) is 0.444. The minimum absolute atomic E-state index is 0.166. The van der Waals surface area contributed by atoms with Crippen LogP contribution in [0.15, 0.2) is 30.3 Å². The van der Waals surface area contributed by atoms with E-state index in [-0.39, 0.29) is 18.3 Å². The quantitative estimate of drug-likeness (QED) is 0.849. The SMILES string of the molecule is Cc1ccc2cccc(OCC(=O)C3CCCCC3)c2n1. The fourth-order valence-corrected chi connectivity index (χ4v) is 3.03. The lowest BCUT2D eigenvalue weighted by Crippen LogP contribution is -2.23. The number of ether oxygens (including phenoxy) is 1. The van der Waals surface area contributed by atoms with Crippen molar-refractivity contribution in [2.24, 2.45) is 5.92 Å². The zero-order chi connectivity index (χ0) is 14.7. The number of benzene rings is 1. The molecule has 0 unspecified atom stereocenters. The number of fused-ring (bicyclic) bond motifs is 1. The molecule has 0 N–H and O–H groups in total. The minimum Gasteiger partial charge on any atom is -0.484 e. The van der Waals surface area contributed by atoms with Gasteiger partial charge in [-0.25, -0.2) is 4.98 Å². The van der Waals surface area contributed by atoms with Crippen LogP contribution in [0.2, 0.25) is 0 Å². The molecule has 1 saturated carbocycles. The normalized spacial score (nSPS) is 16.0. The zero-order valence-electron chi connectivity index (χ0n) is 12.5. The van der Waals surface area contributed by atoms with Crippen LogP contribution >= 0.6 is 0 Å². The van der Waals surface area contributed by atoms with E-state index in [1.54, 1.807) is 0 Å². The molecular formula is C18H21NO2. The summed E-state index contributed by atoms with van der Waals surface area (Å²) in [5, 5.41) is 1.04. The second-order valence-electron chi connectivity index (χ2n) is 5.87. The van der Waals surface area contributed by atoms with Gasteiger partial charge in [0.25, 0.3) is 0 Å². The molecule has 2 aromatic rings. The van der Waals surface area contributed by atoms with Crippen molar-refractivity contribution in [3.8, 4) is 5.75 Å². The van der Waals surface area contributed by atoms with Crippen molar-refractivity contribution in [1.82, 2.24) is 4.98 Å². The van der Waals surface area contributed by atoms with Crippen molar-refractivity contribution in [1.29, 1.82) is 0 Å². The summed E-state index contributed by atoms with van der Waals surface area (Å²) in [6.07, 6.45) is 5.65. The molecule has 110 valence electrons. The highest BCUT2D eigenvalue weighted by molar-refractivity contribution is 5.86. The monoisotopic (exact) mass is 283 g/mol. The van der Waals surface area contributed by atoms with Gasteiger partial charge < -0.3 is 4.74 Å². The second kappa shape index (κ2) is 6.25. The second-order valence-corrected chi connectivity index (χ2v) is 5.87. The fourth-order valence-electron chi connectivity index (χ4n) is 3.03. The van der Waals surface area contributed by atoms with Gasteiger partial charge >= 0.3 is 0 Å². The Bertz CT molecular complexity index is 645. The van der Waals surface area contributed by atoms with Gasteiger partial charge in [0.2, 0.25) is 0 Å². The van der Waals surface area contributed by atoms with E-state index >= 15 is 0 Å². The Morgan fingerprint density at radius 2 is 2.00 bits per heavy atom. The van der Waals surface area contributed by atoms with Crippen molar-refractivity contribution in [2.75, 3.05) is 6.61 Å². The van der Waals surface area contributed by atoms with Gasteiger partial charge in [0.05, 0.1) is 0 Å². The molecule has 0 spiro atoms. The van der Waals surface area contributed by atoms with Crippen LogP contribution in [-0.4, -0.2) is 17.4 Å². The smallest absolute Gasteiger partial charge is 0.173 e. The van der Waals surface area contributed by atoms with E-state index in [2.05, 4.69) is 4.98 Å². The molecule has 1 aromatic heterocycles. The minimum atomic E-state index is 0.166. The molecule has 3 rings (SSSR count). The molecule has 21 heavy (non-hydrogen) atoms. The van der Waals surface area contributed by atoms with Gasteiger partial charge in [-0.15, -0.1) is 0 Å². The van der Waals surface area contributed by atoms with E-state index in [1.807, 2.05) is 37.3 Å². The molecule has 1 fully saturated rings. The van der Waals surface area contributed by atoms with Gasteiger partial charge in [-0.2, -0.15) is 0 Å². The number of aryl methyl sites for hydroxylation is 1. The number of Topliss-reactive ketones (excluding diaryl/α,β-unsaturated/α-hetero) is 1. The first kappa shape index (κ1) is 14.1. The zero-order valence-corrected chi connectivity index (χ0v) is 12.5. The maximum atomic E-state index is 12.2. The predicted octanol–water partition coefficient (Wildman–Crippen LogP) is 4.07. The Morgan fingerprint density at radius 3 is 2.81 bits per heavy atom. The Kier molecular flexibility index (Phi) is 4.18. The number of para-hydroxylation sites is 1. The number of ketones is 1. The third kappa shape index (κ3) is 3.23. The van der Waals surface area contributed by atoms with Crippen LogP contribution in [0, 0.1) is 12.8 Å². The predicted molar refractivity (Wildman–Crippen MR) is 83.6 cm³/mol. The summed E-state index contributed by atoms with van der Waals surface area (Å²) in [6.45, 7) is 2.13. The number of hydrogen-bond donors (Lipinski definition) is 0. The summed E-state index contributed by atoms with van der Waals surface area (Å²) in [4.78, 5) is 16.8. The number of carbonyl (C=O) groups is 1. The molecule has 3 heteroatoms. The molecule has 0 saturated heterocycles.